The van der Waals surface area contributed by atoms with Gasteiger partial charge in [0.05, 0.1) is 35.7 Å². The molecule has 6 nitrogen and oxygen atoms in total. The van der Waals surface area contributed by atoms with Crippen LogP contribution in [0.3, 0.4) is 0 Å². The highest BCUT2D eigenvalue weighted by atomic mass is 32.2. The molecule has 156 valence electrons. The lowest BCUT2D eigenvalue weighted by molar-refractivity contribution is 0.0504. The molecule has 7 heteroatoms. The van der Waals surface area contributed by atoms with Crippen LogP contribution in [0.2, 0.25) is 0 Å². The van der Waals surface area contributed by atoms with Gasteiger partial charge in [-0.3, -0.25) is 9.78 Å². The van der Waals surface area contributed by atoms with E-state index in [9.17, 15) is 14.7 Å². The summed E-state index contributed by atoms with van der Waals surface area (Å²) in [5.41, 5.74) is 2.78. The number of pyridine rings is 1. The number of benzene rings is 1. The van der Waals surface area contributed by atoms with E-state index < -0.39 is 5.97 Å². The molecule has 1 heterocycles. The number of aromatic nitrogens is 1. The number of aliphatic hydroxyl groups is 2. The fourth-order valence-electron chi connectivity index (χ4n) is 3.05. The second-order valence-corrected chi connectivity index (χ2v) is 7.39. The zero-order chi connectivity index (χ0) is 21.2. The Balaban J connectivity index is 2.78. The minimum absolute atomic E-state index is 0.131. The molecule has 0 amide bonds. The van der Waals surface area contributed by atoms with Crippen LogP contribution >= 0.6 is 11.8 Å². The molecule has 0 aliphatic rings. The molecule has 0 fully saturated rings. The molecule has 1 aromatic carbocycles. The van der Waals surface area contributed by atoms with E-state index in [2.05, 4.69) is 4.98 Å². The molecular weight excluding hydrogens is 390 g/mol. The van der Waals surface area contributed by atoms with Gasteiger partial charge < -0.3 is 14.9 Å². The number of rotatable bonds is 10. The van der Waals surface area contributed by atoms with Crippen molar-refractivity contribution in [2.45, 2.75) is 33.1 Å². The van der Waals surface area contributed by atoms with E-state index in [1.807, 2.05) is 44.2 Å². The summed E-state index contributed by atoms with van der Waals surface area (Å²) in [6.45, 7) is 3.69. The predicted molar refractivity (Wildman–Crippen MR) is 114 cm³/mol. The first kappa shape index (κ1) is 23.1. The van der Waals surface area contributed by atoms with Crippen LogP contribution in [0.1, 0.15) is 52.2 Å². The first-order chi connectivity index (χ1) is 14.1. The Morgan fingerprint density at radius 3 is 2.38 bits per heavy atom. The number of aryl methyl sites for hydroxylation is 1. The molecule has 0 aliphatic heterocycles. The lowest BCUT2D eigenvalue weighted by atomic mass is 9.92. The second kappa shape index (κ2) is 11.7. The van der Waals surface area contributed by atoms with Gasteiger partial charge in [0.25, 0.3) is 0 Å². The summed E-state index contributed by atoms with van der Waals surface area (Å²) >= 11 is 0.976. The molecule has 0 spiro atoms. The maximum atomic E-state index is 13.0. The first-order valence-electron chi connectivity index (χ1n) is 9.76. The molecule has 2 rings (SSSR count). The van der Waals surface area contributed by atoms with Gasteiger partial charge in [0.1, 0.15) is 0 Å². The lowest BCUT2D eigenvalue weighted by Gasteiger charge is -2.19. The van der Waals surface area contributed by atoms with E-state index in [1.165, 1.54) is 0 Å². The average molecular weight is 418 g/mol. The number of nitrogens with zero attached hydrogens (tertiary/aromatic N) is 1. The molecular formula is C22H27NO5S. The van der Waals surface area contributed by atoms with Crippen LogP contribution in [0, 0.1) is 0 Å². The van der Waals surface area contributed by atoms with Gasteiger partial charge in [-0.1, -0.05) is 55.9 Å². The molecule has 0 atom stereocenters. The van der Waals surface area contributed by atoms with E-state index in [1.54, 1.807) is 0 Å². The van der Waals surface area contributed by atoms with Crippen molar-refractivity contribution >= 4 is 22.8 Å². The van der Waals surface area contributed by atoms with Crippen LogP contribution in [-0.4, -0.2) is 51.9 Å². The Bertz CT molecular complexity index is 839. The summed E-state index contributed by atoms with van der Waals surface area (Å²) in [4.78, 5) is 30.6. The van der Waals surface area contributed by atoms with Crippen molar-refractivity contribution in [3.8, 4) is 11.3 Å². The van der Waals surface area contributed by atoms with Crippen LogP contribution in [0.25, 0.3) is 11.3 Å². The Hall–Kier alpha value is -2.22. The summed E-state index contributed by atoms with van der Waals surface area (Å²) in [5, 5.41) is 18.5. The van der Waals surface area contributed by atoms with Crippen molar-refractivity contribution < 1.29 is 24.5 Å². The van der Waals surface area contributed by atoms with Crippen LogP contribution in [0.5, 0.6) is 0 Å². The average Bonchev–Trinajstić information content (AvgIpc) is 2.75. The molecule has 2 N–H and O–H groups in total. The highest BCUT2D eigenvalue weighted by Gasteiger charge is 2.28. The van der Waals surface area contributed by atoms with E-state index in [-0.39, 0.29) is 42.7 Å². The van der Waals surface area contributed by atoms with Gasteiger partial charge in [0.15, 0.2) is 0 Å². The van der Waals surface area contributed by atoms with Gasteiger partial charge in [-0.05, 0) is 24.8 Å². The van der Waals surface area contributed by atoms with Gasteiger partial charge >= 0.3 is 5.97 Å². The topological polar surface area (TPSA) is 96.7 Å². The summed E-state index contributed by atoms with van der Waals surface area (Å²) in [5.74, 6) is -0.304. The summed E-state index contributed by atoms with van der Waals surface area (Å²) < 4.78 is 5.40. The van der Waals surface area contributed by atoms with Crippen LogP contribution in [0.15, 0.2) is 30.3 Å². The smallest absolute Gasteiger partial charge is 0.340 e. The van der Waals surface area contributed by atoms with E-state index in [0.717, 1.165) is 17.3 Å². The zero-order valence-corrected chi connectivity index (χ0v) is 17.6. The molecule has 0 unspecified atom stereocenters. The molecule has 0 saturated carbocycles. The molecule has 0 saturated heterocycles. The van der Waals surface area contributed by atoms with Crippen LogP contribution in [0.4, 0.5) is 0 Å². The van der Waals surface area contributed by atoms with Gasteiger partial charge in [0, 0.05) is 17.9 Å². The zero-order valence-electron chi connectivity index (χ0n) is 16.8. The summed E-state index contributed by atoms with van der Waals surface area (Å²) in [6.07, 6.45) is 1.29. The van der Waals surface area contributed by atoms with Gasteiger partial charge in [-0.2, -0.15) is 0 Å². The fraction of sp³-hybridized carbons (Fsp3) is 0.409. The largest absolute Gasteiger partial charge is 0.462 e. The number of aliphatic hydroxyl groups excluding tert-OH is 2. The molecule has 0 bridgehead atoms. The Morgan fingerprint density at radius 2 is 1.79 bits per heavy atom. The van der Waals surface area contributed by atoms with E-state index in [0.29, 0.717) is 35.4 Å². The maximum Gasteiger partial charge on any atom is 0.340 e. The van der Waals surface area contributed by atoms with Crippen LogP contribution < -0.4 is 0 Å². The molecule has 2 aromatic rings. The van der Waals surface area contributed by atoms with Crippen molar-refractivity contribution in [2.24, 2.45) is 0 Å². The van der Waals surface area contributed by atoms with Crippen molar-refractivity contribution in [1.82, 2.24) is 4.98 Å². The van der Waals surface area contributed by atoms with Crippen LogP contribution in [-0.2, 0) is 17.6 Å². The summed E-state index contributed by atoms with van der Waals surface area (Å²) in [6, 6.07) is 9.28. The normalized spacial score (nSPS) is 10.8. The Labute approximate surface area is 175 Å². The monoisotopic (exact) mass is 417 g/mol. The number of thioether (sulfide) groups is 1. The van der Waals surface area contributed by atoms with E-state index >= 15 is 0 Å². The fourth-order valence-corrected chi connectivity index (χ4v) is 3.71. The number of carbonyl (C=O) groups excluding carboxylic acids is 2. The third-order valence-electron chi connectivity index (χ3n) is 4.29. The highest BCUT2D eigenvalue weighted by molar-refractivity contribution is 8.14. The lowest BCUT2D eigenvalue weighted by Crippen LogP contribution is -2.19. The molecule has 1 aromatic heterocycles. The number of carbonyl (C=O) groups is 2. The van der Waals surface area contributed by atoms with Gasteiger partial charge in [0.2, 0.25) is 5.12 Å². The third-order valence-corrected chi connectivity index (χ3v) is 5.14. The number of esters is 1. The number of hydrogen-bond acceptors (Lipinski definition) is 7. The Morgan fingerprint density at radius 1 is 1.07 bits per heavy atom. The van der Waals surface area contributed by atoms with Crippen molar-refractivity contribution in [3.05, 3.63) is 52.7 Å². The molecule has 29 heavy (non-hydrogen) atoms. The number of ether oxygens (including phenoxy) is 1. The summed E-state index contributed by atoms with van der Waals surface area (Å²) in [7, 11) is 0. The van der Waals surface area contributed by atoms with Crippen molar-refractivity contribution in [1.29, 1.82) is 0 Å². The quantitative estimate of drug-likeness (QED) is 0.573. The maximum absolute atomic E-state index is 13.0. The second-order valence-electron chi connectivity index (χ2n) is 6.32. The van der Waals surface area contributed by atoms with Crippen molar-refractivity contribution in [2.75, 3.05) is 25.6 Å². The molecule has 0 aliphatic carbocycles. The molecule has 0 radical (unpaired) electrons. The number of hydrogen-bond donors (Lipinski definition) is 2. The SMILES string of the molecule is CCCOC(=O)c1c(-c2ccccc2)nc(CC)c(C(=O)SCCO)c1CCO. The minimum atomic E-state index is -0.550. The highest BCUT2D eigenvalue weighted by Crippen LogP contribution is 2.32. The predicted octanol–water partition coefficient (Wildman–Crippen LogP) is 3.28. The third kappa shape index (κ3) is 5.65. The standard InChI is InChI=1S/C22H27NO5S/c1-3-13-28-21(26)19-16(10-11-24)18(22(27)29-14-12-25)17(4-2)23-20(19)15-8-6-5-7-9-15/h5-9,24-25H,3-4,10-14H2,1-2H3. The first-order valence-corrected chi connectivity index (χ1v) is 10.7. The Kier molecular flexibility index (Phi) is 9.31. The van der Waals surface area contributed by atoms with E-state index in [4.69, 9.17) is 9.84 Å². The van der Waals surface area contributed by atoms with Crippen molar-refractivity contribution in [3.63, 3.8) is 0 Å². The van der Waals surface area contributed by atoms with Gasteiger partial charge in [-0.25, -0.2) is 4.79 Å². The van der Waals surface area contributed by atoms with Gasteiger partial charge in [-0.15, -0.1) is 0 Å². The minimum Gasteiger partial charge on any atom is -0.462 e.